The highest BCUT2D eigenvalue weighted by Crippen LogP contribution is 2.45. The number of hydrogen-bond acceptors (Lipinski definition) is 3. The zero-order chi connectivity index (χ0) is 20.4. The number of amides is 2. The number of alkyl halides is 3. The SMILES string of the molecule is CCCCN1C(=O)[C@](NC(=O)C2CCCCC2)(C(F)(F)F)C(C(C)=O)=C1C. The van der Waals surface area contributed by atoms with Crippen LogP contribution in [0.25, 0.3) is 0 Å². The Balaban J connectivity index is 2.49. The van der Waals surface area contributed by atoms with Crippen LogP contribution in [0.2, 0.25) is 0 Å². The van der Waals surface area contributed by atoms with Crippen molar-refractivity contribution in [3.8, 4) is 0 Å². The van der Waals surface area contributed by atoms with Gasteiger partial charge in [-0.2, -0.15) is 13.2 Å². The molecule has 0 spiro atoms. The van der Waals surface area contributed by atoms with Crippen LogP contribution in [0.3, 0.4) is 0 Å². The second kappa shape index (κ2) is 8.02. The Labute approximate surface area is 157 Å². The molecule has 1 fully saturated rings. The van der Waals surface area contributed by atoms with E-state index in [1.165, 1.54) is 6.92 Å². The summed E-state index contributed by atoms with van der Waals surface area (Å²) >= 11 is 0. The molecule has 2 aliphatic rings. The first-order valence-corrected chi connectivity index (χ1v) is 9.51. The number of ketones is 1. The second-order valence-corrected chi connectivity index (χ2v) is 7.40. The summed E-state index contributed by atoms with van der Waals surface area (Å²) in [6.45, 7) is 4.27. The van der Waals surface area contributed by atoms with E-state index in [1.54, 1.807) is 0 Å². The van der Waals surface area contributed by atoms with Crippen molar-refractivity contribution in [1.29, 1.82) is 0 Å². The minimum atomic E-state index is -5.11. The number of nitrogens with zero attached hydrogens (tertiary/aromatic N) is 1. The van der Waals surface area contributed by atoms with Gasteiger partial charge < -0.3 is 10.2 Å². The Hall–Kier alpha value is -1.86. The normalized spacial score (nSPS) is 24.5. The Morgan fingerprint density at radius 3 is 2.30 bits per heavy atom. The van der Waals surface area contributed by atoms with Crippen molar-refractivity contribution in [3.63, 3.8) is 0 Å². The van der Waals surface area contributed by atoms with Gasteiger partial charge in [-0.1, -0.05) is 32.6 Å². The summed E-state index contributed by atoms with van der Waals surface area (Å²) in [4.78, 5) is 38.7. The molecule has 1 heterocycles. The van der Waals surface area contributed by atoms with Gasteiger partial charge in [-0.25, -0.2) is 0 Å². The molecule has 1 N–H and O–H groups in total. The number of carbonyl (C=O) groups excluding carboxylic acids is 3. The minimum absolute atomic E-state index is 0.0257. The van der Waals surface area contributed by atoms with Crippen LogP contribution in [0.5, 0.6) is 0 Å². The van der Waals surface area contributed by atoms with Crippen molar-refractivity contribution < 1.29 is 27.6 Å². The van der Waals surface area contributed by atoms with Crippen molar-refractivity contribution in [2.75, 3.05) is 6.54 Å². The molecule has 2 rings (SSSR count). The molecular weight excluding hydrogens is 361 g/mol. The lowest BCUT2D eigenvalue weighted by atomic mass is 9.84. The molecule has 0 saturated heterocycles. The van der Waals surface area contributed by atoms with Crippen LogP contribution in [-0.4, -0.2) is 40.8 Å². The van der Waals surface area contributed by atoms with E-state index in [0.29, 0.717) is 25.7 Å². The molecule has 1 atom stereocenters. The highest BCUT2D eigenvalue weighted by Gasteiger charge is 2.69. The molecule has 0 aromatic rings. The number of unbranched alkanes of at least 4 members (excludes halogenated alkanes) is 1. The van der Waals surface area contributed by atoms with Gasteiger partial charge in [0.1, 0.15) is 0 Å². The van der Waals surface area contributed by atoms with Crippen LogP contribution in [0.15, 0.2) is 11.3 Å². The summed E-state index contributed by atoms with van der Waals surface area (Å²) in [6, 6.07) is 0. The molecule has 0 aromatic heterocycles. The van der Waals surface area contributed by atoms with Crippen LogP contribution >= 0.6 is 0 Å². The number of rotatable bonds is 6. The topological polar surface area (TPSA) is 66.5 Å². The molecule has 8 heteroatoms. The molecule has 2 amide bonds. The number of allylic oxidation sites excluding steroid dienone is 1. The Morgan fingerprint density at radius 1 is 1.22 bits per heavy atom. The van der Waals surface area contributed by atoms with Crippen LogP contribution in [0, 0.1) is 5.92 Å². The lowest BCUT2D eigenvalue weighted by Gasteiger charge is -2.35. The molecule has 152 valence electrons. The fraction of sp³-hybridized carbons (Fsp3) is 0.737. The molecule has 0 radical (unpaired) electrons. The third-order valence-corrected chi connectivity index (χ3v) is 5.51. The molecule has 0 bridgehead atoms. The summed E-state index contributed by atoms with van der Waals surface area (Å²) < 4.78 is 42.7. The van der Waals surface area contributed by atoms with E-state index in [9.17, 15) is 27.6 Å². The van der Waals surface area contributed by atoms with E-state index >= 15 is 0 Å². The van der Waals surface area contributed by atoms with E-state index in [0.717, 1.165) is 31.1 Å². The standard InChI is InChI=1S/C19H27F3N2O3/c1-4-5-11-24-12(2)15(13(3)25)18(17(24)27,19(20,21)22)23-16(26)14-9-7-6-8-10-14/h14H,4-11H2,1-3H3,(H,23,26)/t18-/m0/s1. The maximum Gasteiger partial charge on any atom is 0.425 e. The Bertz CT molecular complexity index is 651. The summed E-state index contributed by atoms with van der Waals surface area (Å²) in [5, 5.41) is 1.99. The zero-order valence-corrected chi connectivity index (χ0v) is 16.0. The van der Waals surface area contributed by atoms with Crippen LogP contribution in [-0.2, 0) is 14.4 Å². The molecule has 5 nitrogen and oxygen atoms in total. The highest BCUT2D eigenvalue weighted by molar-refractivity contribution is 6.12. The van der Waals surface area contributed by atoms with Crippen molar-refractivity contribution in [2.45, 2.75) is 77.4 Å². The predicted octanol–water partition coefficient (Wildman–Crippen LogP) is 3.49. The smallest absolute Gasteiger partial charge is 0.330 e. The van der Waals surface area contributed by atoms with Gasteiger partial charge in [0.2, 0.25) is 11.4 Å². The van der Waals surface area contributed by atoms with Gasteiger partial charge in [0, 0.05) is 18.2 Å². The van der Waals surface area contributed by atoms with Gasteiger partial charge in [0.15, 0.2) is 5.78 Å². The molecule has 0 aromatic carbocycles. The number of halogens is 3. The highest BCUT2D eigenvalue weighted by atomic mass is 19.4. The number of hydrogen-bond donors (Lipinski definition) is 1. The average Bonchev–Trinajstić information content (AvgIpc) is 2.81. The molecule has 1 aliphatic heterocycles. The van der Waals surface area contributed by atoms with Gasteiger partial charge in [0.05, 0.1) is 5.57 Å². The van der Waals surface area contributed by atoms with Gasteiger partial charge in [-0.05, 0) is 33.1 Å². The number of nitrogens with one attached hydrogen (secondary N) is 1. The molecule has 1 aliphatic carbocycles. The van der Waals surface area contributed by atoms with Crippen molar-refractivity contribution in [1.82, 2.24) is 10.2 Å². The van der Waals surface area contributed by atoms with E-state index in [2.05, 4.69) is 0 Å². The zero-order valence-electron chi connectivity index (χ0n) is 16.0. The average molecular weight is 388 g/mol. The largest absolute Gasteiger partial charge is 0.425 e. The third-order valence-electron chi connectivity index (χ3n) is 5.51. The van der Waals surface area contributed by atoms with E-state index < -0.39 is 40.8 Å². The summed E-state index contributed by atoms with van der Waals surface area (Å²) in [5.74, 6) is -3.51. The van der Waals surface area contributed by atoms with Crippen molar-refractivity contribution >= 4 is 17.6 Å². The lowest BCUT2D eigenvalue weighted by molar-refractivity contribution is -0.195. The fourth-order valence-corrected chi connectivity index (χ4v) is 4.07. The predicted molar refractivity (Wildman–Crippen MR) is 93.5 cm³/mol. The maximum atomic E-state index is 14.2. The Kier molecular flexibility index (Phi) is 6.37. The van der Waals surface area contributed by atoms with Crippen molar-refractivity contribution in [3.05, 3.63) is 11.3 Å². The van der Waals surface area contributed by atoms with Crippen molar-refractivity contribution in [2.24, 2.45) is 5.92 Å². The van der Waals surface area contributed by atoms with Gasteiger partial charge in [-0.15, -0.1) is 0 Å². The fourth-order valence-electron chi connectivity index (χ4n) is 4.07. The van der Waals surface area contributed by atoms with E-state index in [1.807, 2.05) is 12.2 Å². The minimum Gasteiger partial charge on any atom is -0.330 e. The second-order valence-electron chi connectivity index (χ2n) is 7.40. The summed E-state index contributed by atoms with van der Waals surface area (Å²) in [6.07, 6.45) is -0.479. The van der Waals surface area contributed by atoms with Crippen LogP contribution in [0.4, 0.5) is 13.2 Å². The van der Waals surface area contributed by atoms with Crippen LogP contribution in [0.1, 0.15) is 65.7 Å². The number of carbonyl (C=O) groups is 3. The Morgan fingerprint density at radius 2 is 1.81 bits per heavy atom. The van der Waals surface area contributed by atoms with E-state index in [4.69, 9.17) is 0 Å². The van der Waals surface area contributed by atoms with Gasteiger partial charge in [0.25, 0.3) is 5.91 Å². The first-order valence-electron chi connectivity index (χ1n) is 9.51. The van der Waals surface area contributed by atoms with Gasteiger partial charge >= 0.3 is 6.18 Å². The molecular formula is C19H27F3N2O3. The number of Topliss-reactive ketones (excluding diaryl/α,β-unsaturated/α-hetero) is 1. The maximum absolute atomic E-state index is 14.2. The first kappa shape index (κ1) is 21.4. The van der Waals surface area contributed by atoms with Crippen LogP contribution < -0.4 is 5.32 Å². The molecule has 27 heavy (non-hydrogen) atoms. The lowest BCUT2D eigenvalue weighted by Crippen LogP contribution is -2.66. The van der Waals surface area contributed by atoms with Gasteiger partial charge in [-0.3, -0.25) is 14.4 Å². The quantitative estimate of drug-likeness (QED) is 0.758. The monoisotopic (exact) mass is 388 g/mol. The first-order chi connectivity index (χ1) is 12.6. The summed E-state index contributed by atoms with van der Waals surface area (Å²) in [7, 11) is 0. The summed E-state index contributed by atoms with van der Waals surface area (Å²) in [5.41, 5.74) is -3.98. The third kappa shape index (κ3) is 3.75. The molecule has 1 saturated carbocycles. The molecule has 0 unspecified atom stereocenters. The van der Waals surface area contributed by atoms with E-state index in [-0.39, 0.29) is 12.2 Å².